The number of hydrazine groups is 1. The molecule has 0 saturated carbocycles. The van der Waals surface area contributed by atoms with Gasteiger partial charge in [0.2, 0.25) is 0 Å². The van der Waals surface area contributed by atoms with Gasteiger partial charge in [0.1, 0.15) is 5.75 Å². The highest BCUT2D eigenvalue weighted by Crippen LogP contribution is 2.22. The number of aryl methyl sites for hydroxylation is 2. The van der Waals surface area contributed by atoms with E-state index in [9.17, 15) is 18.0 Å². The zero-order chi connectivity index (χ0) is 24.0. The average Bonchev–Trinajstić information content (AvgIpc) is 2.76. The van der Waals surface area contributed by atoms with Crippen LogP contribution in [0.25, 0.3) is 0 Å². The summed E-state index contributed by atoms with van der Waals surface area (Å²) in [6, 6.07) is 17.6. The van der Waals surface area contributed by atoms with Crippen LogP contribution in [0.2, 0.25) is 5.02 Å². The van der Waals surface area contributed by atoms with Crippen LogP contribution in [0.4, 0.5) is 5.69 Å². The molecule has 2 amide bonds. The van der Waals surface area contributed by atoms with Crippen molar-refractivity contribution in [3.63, 3.8) is 0 Å². The first-order valence-corrected chi connectivity index (χ1v) is 11.7. The quantitative estimate of drug-likeness (QED) is 0.441. The third-order valence-electron chi connectivity index (χ3n) is 4.49. The van der Waals surface area contributed by atoms with E-state index in [-0.39, 0.29) is 22.8 Å². The number of ether oxygens (including phenoxy) is 1. The molecule has 0 spiro atoms. The Balaban J connectivity index is 1.64. The van der Waals surface area contributed by atoms with E-state index in [1.54, 1.807) is 43.3 Å². The fourth-order valence-corrected chi connectivity index (χ4v) is 4.39. The molecule has 3 N–H and O–H groups in total. The van der Waals surface area contributed by atoms with Crippen molar-refractivity contribution in [2.45, 2.75) is 18.7 Å². The van der Waals surface area contributed by atoms with E-state index in [0.29, 0.717) is 16.3 Å². The van der Waals surface area contributed by atoms with E-state index in [0.717, 1.165) is 5.56 Å². The molecule has 0 aliphatic heterocycles. The van der Waals surface area contributed by atoms with Crippen molar-refractivity contribution in [1.82, 2.24) is 10.9 Å². The second kappa shape index (κ2) is 10.4. The lowest BCUT2D eigenvalue weighted by atomic mass is 10.1. The monoisotopic (exact) mass is 487 g/mol. The van der Waals surface area contributed by atoms with E-state index in [4.69, 9.17) is 16.3 Å². The highest BCUT2D eigenvalue weighted by Gasteiger charge is 2.20. The van der Waals surface area contributed by atoms with Crippen LogP contribution >= 0.6 is 11.6 Å². The van der Waals surface area contributed by atoms with E-state index in [1.165, 1.54) is 24.3 Å². The van der Waals surface area contributed by atoms with Crippen LogP contribution in [-0.2, 0) is 14.8 Å². The van der Waals surface area contributed by atoms with Gasteiger partial charge in [-0.1, -0.05) is 35.9 Å². The lowest BCUT2D eigenvalue weighted by Crippen LogP contribution is -2.43. The van der Waals surface area contributed by atoms with Gasteiger partial charge in [0, 0.05) is 10.6 Å². The summed E-state index contributed by atoms with van der Waals surface area (Å²) in [5.74, 6) is -0.734. The van der Waals surface area contributed by atoms with Crippen LogP contribution in [-0.4, -0.2) is 26.8 Å². The first kappa shape index (κ1) is 24.1. The first-order chi connectivity index (χ1) is 15.6. The van der Waals surface area contributed by atoms with Crippen LogP contribution < -0.4 is 20.3 Å². The number of hydrogen-bond donors (Lipinski definition) is 3. The number of sulfonamides is 1. The molecule has 8 nitrogen and oxygen atoms in total. The summed E-state index contributed by atoms with van der Waals surface area (Å²) < 4.78 is 33.5. The van der Waals surface area contributed by atoms with Gasteiger partial charge in [0.05, 0.1) is 10.6 Å². The zero-order valence-electron chi connectivity index (χ0n) is 17.9. The standard InChI is InChI=1S/C23H22ClN3O5S/c1-15-5-3-8-20(11-15)32-14-22(28)25-26-23(29)17-10-9-16(2)21(12-17)33(30,31)27-19-7-4-6-18(24)13-19/h3-13,27H,14H2,1-2H3,(H,25,28)(H,26,29). The number of carbonyl (C=O) groups excluding carboxylic acids is 2. The van der Waals surface area contributed by atoms with Crippen molar-refractivity contribution >= 4 is 39.1 Å². The summed E-state index contributed by atoms with van der Waals surface area (Å²) in [5.41, 5.74) is 6.25. The molecule has 0 aliphatic rings. The number of amides is 2. The minimum absolute atomic E-state index is 0.0481. The van der Waals surface area contributed by atoms with Gasteiger partial charge in [-0.05, 0) is 67.4 Å². The summed E-state index contributed by atoms with van der Waals surface area (Å²) in [6.07, 6.45) is 0. The maximum Gasteiger partial charge on any atom is 0.276 e. The normalized spacial score (nSPS) is 10.9. The fourth-order valence-electron chi connectivity index (χ4n) is 2.88. The topological polar surface area (TPSA) is 114 Å². The van der Waals surface area contributed by atoms with Crippen LogP contribution in [0.1, 0.15) is 21.5 Å². The largest absolute Gasteiger partial charge is 0.484 e. The van der Waals surface area contributed by atoms with Gasteiger partial charge in [-0.3, -0.25) is 25.2 Å². The lowest BCUT2D eigenvalue weighted by molar-refractivity contribution is -0.123. The highest BCUT2D eigenvalue weighted by molar-refractivity contribution is 7.92. The van der Waals surface area contributed by atoms with Gasteiger partial charge in [-0.25, -0.2) is 8.42 Å². The summed E-state index contributed by atoms with van der Waals surface area (Å²) in [6.45, 7) is 3.20. The Morgan fingerprint density at radius 3 is 2.42 bits per heavy atom. The van der Waals surface area contributed by atoms with Gasteiger partial charge in [0.15, 0.2) is 6.61 Å². The lowest BCUT2D eigenvalue weighted by Gasteiger charge is -2.13. The van der Waals surface area contributed by atoms with Gasteiger partial charge >= 0.3 is 0 Å². The molecule has 0 fully saturated rings. The molecule has 0 radical (unpaired) electrons. The Kier molecular flexibility index (Phi) is 7.57. The Hall–Kier alpha value is -3.56. The molecule has 0 saturated heterocycles. The third-order valence-corrected chi connectivity index (χ3v) is 6.25. The highest BCUT2D eigenvalue weighted by atomic mass is 35.5. The maximum absolute atomic E-state index is 12.8. The molecule has 0 heterocycles. The number of halogens is 1. The SMILES string of the molecule is Cc1cccc(OCC(=O)NNC(=O)c2ccc(C)c(S(=O)(=O)Nc3cccc(Cl)c3)c2)c1. The molecule has 0 bridgehead atoms. The van der Waals surface area contributed by atoms with Crippen molar-refractivity contribution in [3.05, 3.63) is 88.4 Å². The number of carbonyl (C=O) groups is 2. The number of benzene rings is 3. The molecule has 172 valence electrons. The predicted molar refractivity (Wildman–Crippen MR) is 126 cm³/mol. The second-order valence-electron chi connectivity index (χ2n) is 7.20. The minimum atomic E-state index is -3.99. The van der Waals surface area contributed by atoms with E-state index >= 15 is 0 Å². The van der Waals surface area contributed by atoms with E-state index in [1.807, 2.05) is 13.0 Å². The predicted octanol–water partition coefficient (Wildman–Crippen LogP) is 3.60. The molecule has 3 rings (SSSR count). The molecule has 0 unspecified atom stereocenters. The van der Waals surface area contributed by atoms with Gasteiger partial charge < -0.3 is 4.74 Å². The smallest absolute Gasteiger partial charge is 0.276 e. The molecule has 33 heavy (non-hydrogen) atoms. The second-order valence-corrected chi connectivity index (χ2v) is 9.29. The summed E-state index contributed by atoms with van der Waals surface area (Å²) in [7, 11) is -3.99. The van der Waals surface area contributed by atoms with Crippen molar-refractivity contribution in [2.24, 2.45) is 0 Å². The fraction of sp³-hybridized carbons (Fsp3) is 0.130. The van der Waals surface area contributed by atoms with Crippen LogP contribution in [0.3, 0.4) is 0 Å². The number of rotatable bonds is 7. The van der Waals surface area contributed by atoms with Crippen molar-refractivity contribution in [1.29, 1.82) is 0 Å². The Morgan fingerprint density at radius 1 is 0.939 bits per heavy atom. The molecule has 0 aromatic heterocycles. The Bertz CT molecular complexity index is 1290. The molecular formula is C23H22ClN3O5S. The van der Waals surface area contributed by atoms with E-state index < -0.39 is 21.8 Å². The summed E-state index contributed by atoms with van der Waals surface area (Å²) in [5, 5.41) is 0.377. The van der Waals surface area contributed by atoms with Crippen LogP contribution in [0.15, 0.2) is 71.6 Å². The molecule has 10 heteroatoms. The summed E-state index contributed by atoms with van der Waals surface area (Å²) >= 11 is 5.91. The number of anilines is 1. The third kappa shape index (κ3) is 6.71. The molecular weight excluding hydrogens is 466 g/mol. The zero-order valence-corrected chi connectivity index (χ0v) is 19.5. The molecule has 0 aliphatic carbocycles. The van der Waals surface area contributed by atoms with Gasteiger partial charge in [0.25, 0.3) is 21.8 Å². The Morgan fingerprint density at radius 2 is 1.70 bits per heavy atom. The van der Waals surface area contributed by atoms with Crippen LogP contribution in [0.5, 0.6) is 5.75 Å². The van der Waals surface area contributed by atoms with Gasteiger partial charge in [-0.2, -0.15) is 0 Å². The van der Waals surface area contributed by atoms with Crippen LogP contribution in [0, 0.1) is 13.8 Å². The van der Waals surface area contributed by atoms with Crippen molar-refractivity contribution < 1.29 is 22.7 Å². The molecule has 0 atom stereocenters. The van der Waals surface area contributed by atoms with E-state index in [2.05, 4.69) is 15.6 Å². The number of nitrogens with one attached hydrogen (secondary N) is 3. The summed E-state index contributed by atoms with van der Waals surface area (Å²) in [4.78, 5) is 24.4. The minimum Gasteiger partial charge on any atom is -0.484 e. The maximum atomic E-state index is 12.8. The van der Waals surface area contributed by atoms with Crippen molar-refractivity contribution in [2.75, 3.05) is 11.3 Å². The van der Waals surface area contributed by atoms with Crippen molar-refractivity contribution in [3.8, 4) is 5.75 Å². The molecule has 3 aromatic rings. The van der Waals surface area contributed by atoms with Gasteiger partial charge in [-0.15, -0.1) is 0 Å². The molecule has 3 aromatic carbocycles. The average molecular weight is 488 g/mol. The first-order valence-electron chi connectivity index (χ1n) is 9.82. The number of hydrogen-bond acceptors (Lipinski definition) is 5. The Labute approximate surface area is 196 Å².